The molecule has 1 heterocycles. The van der Waals surface area contributed by atoms with E-state index in [0.29, 0.717) is 25.0 Å². The van der Waals surface area contributed by atoms with Crippen LogP contribution in [-0.4, -0.2) is 26.4 Å². The zero-order chi connectivity index (χ0) is 12.8. The molecule has 0 spiro atoms. The molecule has 2 unspecified atom stereocenters. The SMILES string of the molecule is CC(CN)c1ccc(COCC2CCOC2)cc1. The van der Waals surface area contributed by atoms with Gasteiger partial charge in [-0.05, 0) is 30.0 Å². The van der Waals surface area contributed by atoms with E-state index >= 15 is 0 Å². The highest BCUT2D eigenvalue weighted by molar-refractivity contribution is 5.24. The summed E-state index contributed by atoms with van der Waals surface area (Å²) in [7, 11) is 0. The van der Waals surface area contributed by atoms with Crippen molar-refractivity contribution < 1.29 is 9.47 Å². The molecule has 0 aromatic heterocycles. The van der Waals surface area contributed by atoms with Crippen molar-refractivity contribution in [2.45, 2.75) is 25.9 Å². The third-order valence-corrected chi connectivity index (χ3v) is 3.55. The van der Waals surface area contributed by atoms with E-state index in [1.165, 1.54) is 11.1 Å². The minimum absolute atomic E-state index is 0.426. The Morgan fingerprint density at radius 2 is 2.17 bits per heavy atom. The third-order valence-electron chi connectivity index (χ3n) is 3.55. The first kappa shape index (κ1) is 13.5. The molecular weight excluding hydrogens is 226 g/mol. The summed E-state index contributed by atoms with van der Waals surface area (Å²) in [6.07, 6.45) is 1.13. The summed E-state index contributed by atoms with van der Waals surface area (Å²) in [6, 6.07) is 8.56. The summed E-state index contributed by atoms with van der Waals surface area (Å²) in [6.45, 7) is 6.07. The summed E-state index contributed by atoms with van der Waals surface area (Å²) < 4.78 is 11.0. The van der Waals surface area contributed by atoms with Gasteiger partial charge in [-0.15, -0.1) is 0 Å². The average Bonchev–Trinajstić information content (AvgIpc) is 2.92. The van der Waals surface area contributed by atoms with Crippen molar-refractivity contribution in [2.75, 3.05) is 26.4 Å². The van der Waals surface area contributed by atoms with Gasteiger partial charge < -0.3 is 15.2 Å². The quantitative estimate of drug-likeness (QED) is 0.841. The molecule has 2 atom stereocenters. The molecule has 0 bridgehead atoms. The van der Waals surface area contributed by atoms with Crippen molar-refractivity contribution >= 4 is 0 Å². The van der Waals surface area contributed by atoms with Crippen LogP contribution in [0.3, 0.4) is 0 Å². The van der Waals surface area contributed by atoms with Gasteiger partial charge in [-0.2, -0.15) is 0 Å². The zero-order valence-corrected chi connectivity index (χ0v) is 11.1. The van der Waals surface area contributed by atoms with Crippen LogP contribution in [0.2, 0.25) is 0 Å². The van der Waals surface area contributed by atoms with Crippen LogP contribution in [-0.2, 0) is 16.1 Å². The van der Waals surface area contributed by atoms with E-state index in [1.54, 1.807) is 0 Å². The number of benzene rings is 1. The summed E-state index contributed by atoms with van der Waals surface area (Å²) >= 11 is 0. The molecule has 1 saturated heterocycles. The van der Waals surface area contributed by atoms with Crippen LogP contribution >= 0.6 is 0 Å². The number of hydrogen-bond acceptors (Lipinski definition) is 3. The molecule has 18 heavy (non-hydrogen) atoms. The van der Waals surface area contributed by atoms with Gasteiger partial charge in [0.15, 0.2) is 0 Å². The molecule has 3 heteroatoms. The van der Waals surface area contributed by atoms with Gasteiger partial charge in [0.25, 0.3) is 0 Å². The Morgan fingerprint density at radius 1 is 1.39 bits per heavy atom. The van der Waals surface area contributed by atoms with Crippen molar-refractivity contribution in [3.63, 3.8) is 0 Å². The predicted molar refractivity (Wildman–Crippen MR) is 72.5 cm³/mol. The standard InChI is InChI=1S/C15H23NO2/c1-12(8-16)15-4-2-13(3-5-15)9-18-11-14-6-7-17-10-14/h2-5,12,14H,6-11,16H2,1H3. The van der Waals surface area contributed by atoms with Gasteiger partial charge in [-0.3, -0.25) is 0 Å². The summed E-state index contributed by atoms with van der Waals surface area (Å²) in [5.74, 6) is 1.01. The Kier molecular flexibility index (Phi) is 5.17. The van der Waals surface area contributed by atoms with Gasteiger partial charge in [0.2, 0.25) is 0 Å². The van der Waals surface area contributed by atoms with E-state index in [0.717, 1.165) is 26.2 Å². The number of ether oxygens (including phenoxy) is 2. The van der Waals surface area contributed by atoms with E-state index < -0.39 is 0 Å². The van der Waals surface area contributed by atoms with Crippen molar-refractivity contribution in [3.05, 3.63) is 35.4 Å². The lowest BCUT2D eigenvalue weighted by atomic mass is 10.0. The molecule has 1 aromatic rings. The van der Waals surface area contributed by atoms with Crippen molar-refractivity contribution in [2.24, 2.45) is 11.7 Å². The molecule has 100 valence electrons. The van der Waals surface area contributed by atoms with E-state index in [-0.39, 0.29) is 0 Å². The lowest BCUT2D eigenvalue weighted by molar-refractivity contribution is 0.0791. The average molecular weight is 249 g/mol. The molecule has 1 aromatic carbocycles. The number of hydrogen-bond donors (Lipinski definition) is 1. The highest BCUT2D eigenvalue weighted by atomic mass is 16.5. The van der Waals surface area contributed by atoms with Gasteiger partial charge in [0, 0.05) is 12.5 Å². The van der Waals surface area contributed by atoms with Crippen LogP contribution in [0.4, 0.5) is 0 Å². The van der Waals surface area contributed by atoms with Gasteiger partial charge in [0.05, 0.1) is 19.8 Å². The topological polar surface area (TPSA) is 44.5 Å². The normalized spacial score (nSPS) is 21.1. The van der Waals surface area contributed by atoms with E-state index in [4.69, 9.17) is 15.2 Å². The third kappa shape index (κ3) is 3.80. The minimum atomic E-state index is 0.426. The van der Waals surface area contributed by atoms with E-state index in [1.807, 2.05) is 0 Å². The predicted octanol–water partition coefficient (Wildman–Crippen LogP) is 2.30. The molecular formula is C15H23NO2. The minimum Gasteiger partial charge on any atom is -0.381 e. The Hall–Kier alpha value is -0.900. The molecule has 0 amide bonds. The maximum Gasteiger partial charge on any atom is 0.0717 e. The van der Waals surface area contributed by atoms with E-state index in [2.05, 4.69) is 31.2 Å². The van der Waals surface area contributed by atoms with Gasteiger partial charge in [-0.1, -0.05) is 31.2 Å². The van der Waals surface area contributed by atoms with Crippen LogP contribution < -0.4 is 5.73 Å². The van der Waals surface area contributed by atoms with Crippen molar-refractivity contribution in [1.82, 2.24) is 0 Å². The molecule has 2 rings (SSSR count). The summed E-state index contributed by atoms with van der Waals surface area (Å²) in [5.41, 5.74) is 8.18. The molecule has 1 aliphatic rings. The highest BCUT2D eigenvalue weighted by Gasteiger charge is 2.15. The Balaban J connectivity index is 1.75. The van der Waals surface area contributed by atoms with Crippen LogP contribution in [0.5, 0.6) is 0 Å². The summed E-state index contributed by atoms with van der Waals surface area (Å²) in [4.78, 5) is 0. The first-order valence-electron chi connectivity index (χ1n) is 6.74. The maximum absolute atomic E-state index is 5.73. The molecule has 0 aliphatic carbocycles. The first-order valence-corrected chi connectivity index (χ1v) is 6.74. The van der Waals surface area contributed by atoms with Crippen LogP contribution in [0, 0.1) is 5.92 Å². The zero-order valence-electron chi connectivity index (χ0n) is 11.1. The second-order valence-electron chi connectivity index (χ2n) is 5.12. The molecule has 1 fully saturated rings. The van der Waals surface area contributed by atoms with Gasteiger partial charge >= 0.3 is 0 Å². The largest absolute Gasteiger partial charge is 0.381 e. The van der Waals surface area contributed by atoms with E-state index in [9.17, 15) is 0 Å². The molecule has 3 nitrogen and oxygen atoms in total. The number of rotatable bonds is 6. The smallest absolute Gasteiger partial charge is 0.0717 e. The van der Waals surface area contributed by atoms with Gasteiger partial charge in [-0.25, -0.2) is 0 Å². The fourth-order valence-corrected chi connectivity index (χ4v) is 2.14. The monoisotopic (exact) mass is 249 g/mol. The molecule has 1 aliphatic heterocycles. The molecule has 2 N–H and O–H groups in total. The number of nitrogens with two attached hydrogens (primary N) is 1. The fourth-order valence-electron chi connectivity index (χ4n) is 2.14. The summed E-state index contributed by atoms with van der Waals surface area (Å²) in [5, 5.41) is 0. The second-order valence-corrected chi connectivity index (χ2v) is 5.12. The Bertz CT molecular complexity index is 344. The maximum atomic E-state index is 5.73. The fraction of sp³-hybridized carbons (Fsp3) is 0.600. The Labute approximate surface area is 109 Å². The van der Waals surface area contributed by atoms with Crippen molar-refractivity contribution in [3.8, 4) is 0 Å². The molecule has 0 saturated carbocycles. The van der Waals surface area contributed by atoms with Crippen molar-refractivity contribution in [1.29, 1.82) is 0 Å². The molecule has 0 radical (unpaired) electrons. The highest BCUT2D eigenvalue weighted by Crippen LogP contribution is 2.16. The first-order chi connectivity index (χ1) is 8.79. The van der Waals surface area contributed by atoms with Crippen LogP contribution in [0.25, 0.3) is 0 Å². The van der Waals surface area contributed by atoms with Crippen LogP contribution in [0.1, 0.15) is 30.4 Å². The lowest BCUT2D eigenvalue weighted by Gasteiger charge is -2.11. The van der Waals surface area contributed by atoms with Gasteiger partial charge in [0.1, 0.15) is 0 Å². The van der Waals surface area contributed by atoms with Crippen LogP contribution in [0.15, 0.2) is 24.3 Å². The lowest BCUT2D eigenvalue weighted by Crippen LogP contribution is -2.10. The Morgan fingerprint density at radius 3 is 2.78 bits per heavy atom. The second kappa shape index (κ2) is 6.88.